The Morgan fingerprint density at radius 2 is 1.55 bits per heavy atom. The average molecular weight is 519 g/mol. The summed E-state index contributed by atoms with van der Waals surface area (Å²) in [5.41, 5.74) is -0.261. The number of anilines is 1. The normalized spacial score (nSPS) is 13.0. The zero-order chi connectivity index (χ0) is 24.2. The van der Waals surface area contributed by atoms with Crippen LogP contribution in [0.3, 0.4) is 0 Å². The molecule has 0 aliphatic heterocycles. The summed E-state index contributed by atoms with van der Waals surface area (Å²) in [4.78, 5) is 20.1. The Morgan fingerprint density at radius 1 is 1.00 bits per heavy atom. The first-order valence-electron chi connectivity index (χ1n) is 9.29. The van der Waals surface area contributed by atoms with E-state index in [2.05, 4.69) is 15.3 Å². The van der Waals surface area contributed by atoms with Crippen LogP contribution in [0.5, 0.6) is 0 Å². The number of hydrogen-bond acceptors (Lipinski definition) is 4. The Hall–Kier alpha value is -2.68. The van der Waals surface area contributed by atoms with Crippen LogP contribution in [0.25, 0.3) is 5.83 Å². The summed E-state index contributed by atoms with van der Waals surface area (Å²) in [6.07, 6.45) is -1.40. The molecule has 3 rings (SSSR count). The van der Waals surface area contributed by atoms with Gasteiger partial charge in [0.15, 0.2) is 5.78 Å². The molecule has 0 fully saturated rings. The average Bonchev–Trinajstić information content (AvgIpc) is 2.79. The number of rotatable bonds is 7. The van der Waals surface area contributed by atoms with Crippen LogP contribution < -0.4 is 5.32 Å². The second kappa shape index (κ2) is 10.5. The van der Waals surface area contributed by atoms with Crippen molar-refractivity contribution in [3.05, 3.63) is 92.7 Å². The third kappa shape index (κ3) is 6.43. The standard InChI is InChI=1S/C22H14Cl3F4N3O/c23-16-8-14(9-17(24)20(16)25)15(22(27,28)29)10-18(26)12-2-4-13(5-3-12)19(33)11-32-21-30-6-1-7-31-21/h1-10,15H,11H2,(H,30,31,32)/b18-10-. The van der Waals surface area contributed by atoms with Crippen LogP contribution in [0, 0.1) is 0 Å². The highest BCUT2D eigenvalue weighted by Gasteiger charge is 2.40. The molecule has 3 aromatic rings. The number of hydrogen-bond donors (Lipinski definition) is 1. The smallest absolute Gasteiger partial charge is 0.347 e. The van der Waals surface area contributed by atoms with Crippen molar-refractivity contribution in [3.8, 4) is 0 Å². The van der Waals surface area contributed by atoms with Gasteiger partial charge in [-0.3, -0.25) is 4.79 Å². The molecular weight excluding hydrogens is 505 g/mol. The van der Waals surface area contributed by atoms with Crippen molar-refractivity contribution in [2.45, 2.75) is 12.1 Å². The topological polar surface area (TPSA) is 54.9 Å². The summed E-state index contributed by atoms with van der Waals surface area (Å²) in [6.45, 7) is -0.115. The fourth-order valence-corrected chi connectivity index (χ4v) is 3.46. The molecule has 1 aromatic heterocycles. The Bertz CT molecular complexity index is 1150. The highest BCUT2D eigenvalue weighted by Crippen LogP contribution is 2.42. The maximum absolute atomic E-state index is 14.7. The van der Waals surface area contributed by atoms with Crippen LogP contribution in [0.1, 0.15) is 27.4 Å². The summed E-state index contributed by atoms with van der Waals surface area (Å²) in [7, 11) is 0. The van der Waals surface area contributed by atoms with Gasteiger partial charge in [0, 0.05) is 23.5 Å². The van der Waals surface area contributed by atoms with E-state index in [0.717, 1.165) is 12.1 Å². The number of nitrogens with one attached hydrogen (secondary N) is 1. The summed E-state index contributed by atoms with van der Waals surface area (Å²) in [6, 6.07) is 8.66. The molecule has 0 radical (unpaired) electrons. The minimum atomic E-state index is -4.82. The first-order chi connectivity index (χ1) is 15.6. The number of carbonyl (C=O) groups excluding carboxylic acids is 1. The van der Waals surface area contributed by atoms with Crippen molar-refractivity contribution in [2.24, 2.45) is 0 Å². The van der Waals surface area contributed by atoms with Gasteiger partial charge in [-0.25, -0.2) is 14.4 Å². The van der Waals surface area contributed by atoms with Gasteiger partial charge < -0.3 is 5.32 Å². The summed E-state index contributed by atoms with van der Waals surface area (Å²) >= 11 is 17.5. The molecule has 1 unspecified atom stereocenters. The largest absolute Gasteiger partial charge is 0.399 e. The van der Waals surface area contributed by atoms with Crippen molar-refractivity contribution in [2.75, 3.05) is 11.9 Å². The van der Waals surface area contributed by atoms with E-state index in [1.165, 1.54) is 36.7 Å². The number of ketones is 1. The van der Waals surface area contributed by atoms with Gasteiger partial charge in [-0.15, -0.1) is 0 Å². The molecule has 1 heterocycles. The molecule has 0 bridgehead atoms. The first kappa shape index (κ1) is 25.0. The lowest BCUT2D eigenvalue weighted by Gasteiger charge is -2.19. The van der Waals surface area contributed by atoms with E-state index in [9.17, 15) is 22.4 Å². The lowest BCUT2D eigenvalue weighted by atomic mass is 9.96. The Labute approximate surface area is 201 Å². The third-order valence-corrected chi connectivity index (χ3v) is 5.68. The second-order valence-corrected chi connectivity index (χ2v) is 7.95. The minimum Gasteiger partial charge on any atom is -0.347 e. The fraction of sp³-hybridized carbons (Fsp3) is 0.136. The van der Waals surface area contributed by atoms with Crippen LogP contribution >= 0.6 is 34.8 Å². The SMILES string of the molecule is O=C(CNc1ncccn1)c1ccc(/C(F)=C/C(c2cc(Cl)c(Cl)c(Cl)c2)C(F)(F)F)cc1. The molecular formula is C22H14Cl3F4N3O. The van der Waals surface area contributed by atoms with E-state index in [1.54, 1.807) is 6.07 Å². The number of allylic oxidation sites excluding steroid dienone is 1. The van der Waals surface area contributed by atoms with Crippen molar-refractivity contribution in [1.29, 1.82) is 0 Å². The molecule has 0 aliphatic rings. The van der Waals surface area contributed by atoms with Crippen molar-refractivity contribution in [1.82, 2.24) is 9.97 Å². The molecule has 0 saturated carbocycles. The highest BCUT2D eigenvalue weighted by molar-refractivity contribution is 6.48. The second-order valence-electron chi connectivity index (χ2n) is 6.76. The Balaban J connectivity index is 1.80. The van der Waals surface area contributed by atoms with E-state index in [1.807, 2.05) is 0 Å². The van der Waals surface area contributed by atoms with Crippen LogP contribution in [-0.4, -0.2) is 28.5 Å². The monoisotopic (exact) mass is 517 g/mol. The van der Waals surface area contributed by atoms with E-state index in [0.29, 0.717) is 6.08 Å². The molecule has 0 aliphatic carbocycles. The molecule has 11 heteroatoms. The molecule has 2 aromatic carbocycles. The quantitative estimate of drug-likeness (QED) is 0.201. The number of aromatic nitrogens is 2. The van der Waals surface area contributed by atoms with Crippen molar-refractivity contribution >= 4 is 52.4 Å². The summed E-state index contributed by atoms with van der Waals surface area (Å²) in [5.74, 6) is -3.52. The van der Waals surface area contributed by atoms with Crippen LogP contribution in [0.2, 0.25) is 15.1 Å². The van der Waals surface area contributed by atoms with E-state index in [4.69, 9.17) is 34.8 Å². The fourth-order valence-electron chi connectivity index (χ4n) is 2.84. The third-order valence-electron chi connectivity index (χ3n) is 4.49. The summed E-state index contributed by atoms with van der Waals surface area (Å²) < 4.78 is 55.7. The van der Waals surface area contributed by atoms with Crippen molar-refractivity contribution in [3.63, 3.8) is 0 Å². The first-order valence-corrected chi connectivity index (χ1v) is 10.4. The van der Waals surface area contributed by atoms with Crippen LogP contribution in [0.4, 0.5) is 23.5 Å². The van der Waals surface area contributed by atoms with Gasteiger partial charge in [0.25, 0.3) is 0 Å². The molecule has 0 spiro atoms. The zero-order valence-corrected chi connectivity index (χ0v) is 18.8. The molecule has 0 amide bonds. The molecule has 1 atom stereocenters. The van der Waals surface area contributed by atoms with Gasteiger partial charge in [0.05, 0.1) is 21.6 Å². The highest BCUT2D eigenvalue weighted by atomic mass is 35.5. The van der Waals surface area contributed by atoms with Crippen molar-refractivity contribution < 1.29 is 22.4 Å². The number of carbonyl (C=O) groups is 1. The lowest BCUT2D eigenvalue weighted by molar-refractivity contribution is -0.139. The molecule has 1 N–H and O–H groups in total. The molecule has 33 heavy (non-hydrogen) atoms. The number of benzene rings is 2. The van der Waals surface area contributed by atoms with Gasteiger partial charge in [0.1, 0.15) is 11.7 Å². The maximum Gasteiger partial charge on any atom is 0.399 e. The molecule has 172 valence electrons. The number of Topliss-reactive ketones (excluding diaryl/α,β-unsaturated/α-hetero) is 1. The van der Waals surface area contributed by atoms with Gasteiger partial charge in [-0.1, -0.05) is 59.1 Å². The van der Waals surface area contributed by atoms with Gasteiger partial charge in [-0.05, 0) is 29.8 Å². The lowest BCUT2D eigenvalue weighted by Crippen LogP contribution is -2.19. The van der Waals surface area contributed by atoms with E-state index < -0.39 is 17.9 Å². The van der Waals surface area contributed by atoms with Gasteiger partial charge in [0.2, 0.25) is 5.95 Å². The van der Waals surface area contributed by atoms with Gasteiger partial charge in [-0.2, -0.15) is 13.2 Å². The number of halogens is 7. The maximum atomic E-state index is 14.7. The predicted molar refractivity (Wildman–Crippen MR) is 121 cm³/mol. The molecule has 0 saturated heterocycles. The Morgan fingerprint density at radius 3 is 2.09 bits per heavy atom. The zero-order valence-electron chi connectivity index (χ0n) is 16.5. The van der Waals surface area contributed by atoms with Gasteiger partial charge >= 0.3 is 6.18 Å². The summed E-state index contributed by atoms with van der Waals surface area (Å²) in [5, 5.41) is 2.28. The van der Waals surface area contributed by atoms with Crippen LogP contribution in [0.15, 0.2) is 60.9 Å². The minimum absolute atomic E-state index is 0.0963. The predicted octanol–water partition coefficient (Wildman–Crippen LogP) is 7.39. The van der Waals surface area contributed by atoms with Crippen LogP contribution in [-0.2, 0) is 0 Å². The number of alkyl halides is 3. The van der Waals surface area contributed by atoms with E-state index in [-0.39, 0.29) is 50.0 Å². The number of nitrogens with zero attached hydrogens (tertiary/aromatic N) is 2. The van der Waals surface area contributed by atoms with E-state index >= 15 is 0 Å². The molecule has 4 nitrogen and oxygen atoms in total. The Kier molecular flexibility index (Phi) is 7.94.